The van der Waals surface area contributed by atoms with Crippen LogP contribution >= 0.6 is 15.9 Å². The Hall–Kier alpha value is -2.94. The summed E-state index contributed by atoms with van der Waals surface area (Å²) in [6, 6.07) is 10.5. The summed E-state index contributed by atoms with van der Waals surface area (Å²) in [5.74, 6) is -1.31. The molecule has 0 spiro atoms. The van der Waals surface area contributed by atoms with Crippen LogP contribution in [0.5, 0.6) is 5.75 Å². The molecule has 0 atom stereocenters. The number of esters is 1. The molecule has 0 heterocycles. The van der Waals surface area contributed by atoms with Crippen LogP contribution < -0.4 is 10.1 Å². The van der Waals surface area contributed by atoms with E-state index < -0.39 is 29.1 Å². The summed E-state index contributed by atoms with van der Waals surface area (Å²) >= 11 is 3.28. The monoisotopic (exact) mass is 408 g/mol. The maximum Gasteiger partial charge on any atom is 0.338 e. The first-order valence-electron chi connectivity index (χ1n) is 6.95. The van der Waals surface area contributed by atoms with Gasteiger partial charge in [0.05, 0.1) is 17.6 Å². The highest BCUT2D eigenvalue weighted by Crippen LogP contribution is 2.28. The number of ether oxygens (including phenoxy) is 2. The van der Waals surface area contributed by atoms with E-state index in [-0.39, 0.29) is 11.3 Å². The molecule has 0 aliphatic carbocycles. The molecular formula is C16H13BrN2O6. The van der Waals surface area contributed by atoms with E-state index in [1.807, 2.05) is 0 Å². The SMILES string of the molecule is COC(=O)c1ccc(OCC(=O)Nc2ccc(Br)cc2)c([N+](=O)[O-])c1. The molecule has 0 radical (unpaired) electrons. The first-order chi connectivity index (χ1) is 11.9. The lowest BCUT2D eigenvalue weighted by atomic mass is 10.2. The van der Waals surface area contributed by atoms with Gasteiger partial charge in [-0.2, -0.15) is 0 Å². The summed E-state index contributed by atoms with van der Waals surface area (Å²) in [5.41, 5.74) is 0.146. The van der Waals surface area contributed by atoms with Crippen molar-refractivity contribution in [3.63, 3.8) is 0 Å². The molecule has 8 nitrogen and oxygen atoms in total. The molecule has 0 unspecified atom stereocenters. The fourth-order valence-corrected chi connectivity index (χ4v) is 2.16. The lowest BCUT2D eigenvalue weighted by Gasteiger charge is -2.09. The standard InChI is InChI=1S/C16H13BrN2O6/c1-24-16(21)10-2-7-14(13(8-10)19(22)23)25-9-15(20)18-12-5-3-11(17)4-6-12/h2-8H,9H2,1H3,(H,18,20). The van der Waals surface area contributed by atoms with E-state index in [2.05, 4.69) is 26.0 Å². The van der Waals surface area contributed by atoms with E-state index >= 15 is 0 Å². The van der Waals surface area contributed by atoms with E-state index in [1.165, 1.54) is 19.2 Å². The highest BCUT2D eigenvalue weighted by atomic mass is 79.9. The van der Waals surface area contributed by atoms with E-state index in [0.717, 1.165) is 10.5 Å². The average molecular weight is 409 g/mol. The van der Waals surface area contributed by atoms with Crippen molar-refractivity contribution in [3.05, 3.63) is 62.6 Å². The number of methoxy groups -OCH3 is 1. The maximum absolute atomic E-state index is 11.9. The number of carbonyl (C=O) groups excluding carboxylic acids is 2. The summed E-state index contributed by atoms with van der Waals surface area (Å²) in [4.78, 5) is 33.7. The third kappa shape index (κ3) is 5.01. The van der Waals surface area contributed by atoms with Crippen LogP contribution in [0.15, 0.2) is 46.9 Å². The topological polar surface area (TPSA) is 108 Å². The first kappa shape index (κ1) is 18.4. The molecule has 0 aliphatic heterocycles. The number of nitrogens with zero attached hydrogens (tertiary/aromatic N) is 1. The highest BCUT2D eigenvalue weighted by Gasteiger charge is 2.20. The van der Waals surface area contributed by atoms with Crippen LogP contribution in [0, 0.1) is 10.1 Å². The third-order valence-electron chi connectivity index (χ3n) is 3.06. The van der Waals surface area contributed by atoms with Gasteiger partial charge in [-0.1, -0.05) is 15.9 Å². The second-order valence-corrected chi connectivity index (χ2v) is 5.69. The smallest absolute Gasteiger partial charge is 0.338 e. The highest BCUT2D eigenvalue weighted by molar-refractivity contribution is 9.10. The van der Waals surface area contributed by atoms with Crippen LogP contribution in [-0.4, -0.2) is 30.5 Å². The number of amides is 1. The van der Waals surface area contributed by atoms with Crippen molar-refractivity contribution in [1.29, 1.82) is 0 Å². The van der Waals surface area contributed by atoms with Crippen molar-refractivity contribution in [2.45, 2.75) is 0 Å². The van der Waals surface area contributed by atoms with Crippen LogP contribution in [0.25, 0.3) is 0 Å². The Morgan fingerprint density at radius 1 is 1.20 bits per heavy atom. The van der Waals surface area contributed by atoms with Crippen molar-refractivity contribution >= 4 is 39.2 Å². The summed E-state index contributed by atoms with van der Waals surface area (Å²) in [6.07, 6.45) is 0. The number of carbonyl (C=O) groups is 2. The number of nitrogens with one attached hydrogen (secondary N) is 1. The van der Waals surface area contributed by atoms with Crippen molar-refractivity contribution in [1.82, 2.24) is 0 Å². The number of hydrogen-bond donors (Lipinski definition) is 1. The van der Waals surface area contributed by atoms with Crippen LogP contribution in [0.2, 0.25) is 0 Å². The second kappa shape index (κ2) is 8.25. The largest absolute Gasteiger partial charge is 0.477 e. The van der Waals surface area contributed by atoms with Crippen molar-refractivity contribution in [2.24, 2.45) is 0 Å². The molecule has 1 N–H and O–H groups in total. The predicted octanol–water partition coefficient (Wildman–Crippen LogP) is 3.16. The van der Waals surface area contributed by atoms with Gasteiger partial charge in [0, 0.05) is 16.2 Å². The molecular weight excluding hydrogens is 396 g/mol. The predicted molar refractivity (Wildman–Crippen MR) is 92.7 cm³/mol. The number of benzene rings is 2. The normalized spacial score (nSPS) is 10.0. The number of nitro benzene ring substituents is 1. The molecule has 2 aromatic carbocycles. The quantitative estimate of drug-likeness (QED) is 0.446. The number of rotatable bonds is 6. The molecule has 130 valence electrons. The number of nitro groups is 1. The summed E-state index contributed by atoms with van der Waals surface area (Å²) in [6.45, 7) is -0.422. The Morgan fingerprint density at radius 2 is 1.88 bits per heavy atom. The Balaban J connectivity index is 2.06. The number of halogens is 1. The minimum absolute atomic E-state index is 0.0147. The van der Waals surface area contributed by atoms with Gasteiger partial charge in [-0.15, -0.1) is 0 Å². The summed E-state index contributed by atoms with van der Waals surface area (Å²) < 4.78 is 10.6. The van der Waals surface area contributed by atoms with Crippen molar-refractivity contribution in [3.8, 4) is 5.75 Å². The van der Waals surface area contributed by atoms with Gasteiger partial charge in [0.25, 0.3) is 5.91 Å². The minimum atomic E-state index is -0.706. The van der Waals surface area contributed by atoms with Crippen LogP contribution in [0.1, 0.15) is 10.4 Å². The van der Waals surface area contributed by atoms with E-state index in [4.69, 9.17) is 4.74 Å². The maximum atomic E-state index is 11.9. The lowest BCUT2D eigenvalue weighted by Crippen LogP contribution is -2.20. The zero-order valence-corrected chi connectivity index (χ0v) is 14.6. The van der Waals surface area contributed by atoms with E-state index in [0.29, 0.717) is 5.69 Å². The van der Waals surface area contributed by atoms with Gasteiger partial charge in [-0.25, -0.2) is 4.79 Å². The third-order valence-corrected chi connectivity index (χ3v) is 3.59. The lowest BCUT2D eigenvalue weighted by molar-refractivity contribution is -0.385. The Morgan fingerprint density at radius 3 is 2.48 bits per heavy atom. The van der Waals surface area contributed by atoms with Crippen LogP contribution in [0.3, 0.4) is 0 Å². The Bertz CT molecular complexity index is 807. The molecule has 0 saturated carbocycles. The fraction of sp³-hybridized carbons (Fsp3) is 0.125. The molecule has 25 heavy (non-hydrogen) atoms. The van der Waals surface area contributed by atoms with Gasteiger partial charge in [0.1, 0.15) is 0 Å². The molecule has 9 heteroatoms. The molecule has 0 saturated heterocycles. The molecule has 0 aromatic heterocycles. The van der Waals surface area contributed by atoms with Gasteiger partial charge >= 0.3 is 11.7 Å². The van der Waals surface area contributed by atoms with Gasteiger partial charge in [-0.3, -0.25) is 14.9 Å². The van der Waals surface area contributed by atoms with Crippen LogP contribution in [0.4, 0.5) is 11.4 Å². The number of hydrogen-bond acceptors (Lipinski definition) is 6. The van der Waals surface area contributed by atoms with Crippen LogP contribution in [-0.2, 0) is 9.53 Å². The fourth-order valence-electron chi connectivity index (χ4n) is 1.90. The van der Waals surface area contributed by atoms with Crippen molar-refractivity contribution < 1.29 is 24.0 Å². The molecule has 2 aromatic rings. The van der Waals surface area contributed by atoms with E-state index in [9.17, 15) is 19.7 Å². The summed E-state index contributed by atoms with van der Waals surface area (Å²) in [5, 5.41) is 13.7. The molecule has 0 fully saturated rings. The Kier molecular flexibility index (Phi) is 6.07. The molecule has 1 amide bonds. The van der Waals surface area contributed by atoms with Gasteiger partial charge in [0.15, 0.2) is 12.4 Å². The Labute approximate surface area is 151 Å². The second-order valence-electron chi connectivity index (χ2n) is 4.77. The molecule has 0 bridgehead atoms. The number of anilines is 1. The first-order valence-corrected chi connectivity index (χ1v) is 7.75. The van der Waals surface area contributed by atoms with Gasteiger partial charge in [-0.05, 0) is 36.4 Å². The zero-order valence-electron chi connectivity index (χ0n) is 13.0. The molecule has 0 aliphatic rings. The van der Waals surface area contributed by atoms with Gasteiger partial charge < -0.3 is 14.8 Å². The van der Waals surface area contributed by atoms with Gasteiger partial charge in [0.2, 0.25) is 0 Å². The average Bonchev–Trinajstić information content (AvgIpc) is 2.61. The van der Waals surface area contributed by atoms with Crippen molar-refractivity contribution in [2.75, 3.05) is 19.0 Å². The summed E-state index contributed by atoms with van der Waals surface area (Å²) in [7, 11) is 1.17. The molecule has 2 rings (SSSR count). The van der Waals surface area contributed by atoms with E-state index in [1.54, 1.807) is 24.3 Å². The minimum Gasteiger partial charge on any atom is -0.477 e. The zero-order chi connectivity index (χ0) is 18.4.